The maximum atomic E-state index is 12.3. The zero-order valence-electron chi connectivity index (χ0n) is 13.3. The standard InChI is InChI=1S/C14H26N6O/c1-4-5-7-13-14(21)18(3)10-11-19(13)8-6-9-20-12(2)15-16-17-20/h13H,4-11H2,1-3H3. The lowest BCUT2D eigenvalue weighted by molar-refractivity contribution is -0.140. The van der Waals surface area contributed by atoms with E-state index in [4.69, 9.17) is 0 Å². The number of hydrogen-bond acceptors (Lipinski definition) is 5. The lowest BCUT2D eigenvalue weighted by Gasteiger charge is -2.39. The van der Waals surface area contributed by atoms with Gasteiger partial charge in [0.1, 0.15) is 5.82 Å². The Bertz CT molecular complexity index is 460. The molecule has 2 rings (SSSR count). The highest BCUT2D eigenvalue weighted by Gasteiger charge is 2.31. The zero-order valence-corrected chi connectivity index (χ0v) is 13.3. The van der Waals surface area contributed by atoms with Crippen LogP contribution in [0.25, 0.3) is 0 Å². The second kappa shape index (κ2) is 7.49. The van der Waals surface area contributed by atoms with E-state index in [0.29, 0.717) is 0 Å². The summed E-state index contributed by atoms with van der Waals surface area (Å²) >= 11 is 0. The molecular weight excluding hydrogens is 268 g/mol. The molecule has 1 unspecified atom stereocenters. The minimum atomic E-state index is 0.0543. The van der Waals surface area contributed by atoms with E-state index in [1.54, 1.807) is 0 Å². The van der Waals surface area contributed by atoms with Crippen LogP contribution in [0.4, 0.5) is 0 Å². The van der Waals surface area contributed by atoms with Crippen LogP contribution in [-0.4, -0.2) is 68.6 Å². The van der Waals surface area contributed by atoms with Gasteiger partial charge < -0.3 is 4.90 Å². The van der Waals surface area contributed by atoms with Gasteiger partial charge in [-0.25, -0.2) is 4.68 Å². The van der Waals surface area contributed by atoms with Gasteiger partial charge in [-0.15, -0.1) is 5.10 Å². The number of tetrazole rings is 1. The van der Waals surface area contributed by atoms with E-state index >= 15 is 0 Å². The van der Waals surface area contributed by atoms with Crippen LogP contribution < -0.4 is 0 Å². The Kier molecular flexibility index (Phi) is 5.67. The average Bonchev–Trinajstić information content (AvgIpc) is 2.88. The fourth-order valence-corrected chi connectivity index (χ4v) is 2.81. The topological polar surface area (TPSA) is 67.2 Å². The van der Waals surface area contributed by atoms with E-state index in [9.17, 15) is 4.79 Å². The van der Waals surface area contributed by atoms with Gasteiger partial charge in [0.25, 0.3) is 0 Å². The fourth-order valence-electron chi connectivity index (χ4n) is 2.81. The van der Waals surface area contributed by atoms with Crippen LogP contribution in [0.3, 0.4) is 0 Å². The number of piperazine rings is 1. The van der Waals surface area contributed by atoms with Gasteiger partial charge in [0.2, 0.25) is 5.91 Å². The predicted octanol–water partition coefficient (Wildman–Crippen LogP) is 0.704. The Hall–Kier alpha value is -1.50. The molecule has 1 saturated heterocycles. The summed E-state index contributed by atoms with van der Waals surface area (Å²) in [5, 5.41) is 11.5. The predicted molar refractivity (Wildman–Crippen MR) is 79.7 cm³/mol. The van der Waals surface area contributed by atoms with E-state index in [1.807, 2.05) is 23.6 Å². The van der Waals surface area contributed by atoms with Crippen LogP contribution in [0.1, 0.15) is 38.4 Å². The second-order valence-corrected chi connectivity index (χ2v) is 5.76. The van der Waals surface area contributed by atoms with Crippen molar-refractivity contribution < 1.29 is 4.79 Å². The zero-order chi connectivity index (χ0) is 15.2. The SMILES string of the molecule is CCCCC1C(=O)N(C)CCN1CCCn1nnnc1C. The van der Waals surface area contributed by atoms with Crippen molar-refractivity contribution in [3.8, 4) is 0 Å². The Balaban J connectivity index is 1.87. The summed E-state index contributed by atoms with van der Waals surface area (Å²) in [6.07, 6.45) is 4.16. The Morgan fingerprint density at radius 1 is 1.24 bits per heavy atom. The first kappa shape index (κ1) is 15.9. The lowest BCUT2D eigenvalue weighted by Crippen LogP contribution is -2.55. The van der Waals surface area contributed by atoms with Crippen LogP contribution in [-0.2, 0) is 11.3 Å². The maximum absolute atomic E-state index is 12.3. The van der Waals surface area contributed by atoms with Gasteiger partial charge in [0.15, 0.2) is 0 Å². The molecule has 0 aromatic carbocycles. The number of aryl methyl sites for hydroxylation is 2. The van der Waals surface area contributed by atoms with Gasteiger partial charge in [-0.2, -0.15) is 0 Å². The van der Waals surface area contributed by atoms with Crippen LogP contribution in [0, 0.1) is 6.92 Å². The van der Waals surface area contributed by atoms with Crippen LogP contribution in [0.15, 0.2) is 0 Å². The highest BCUT2D eigenvalue weighted by molar-refractivity contribution is 5.82. The lowest BCUT2D eigenvalue weighted by atomic mass is 10.0. The van der Waals surface area contributed by atoms with E-state index in [1.165, 1.54) is 0 Å². The van der Waals surface area contributed by atoms with Gasteiger partial charge in [0, 0.05) is 33.2 Å². The largest absolute Gasteiger partial charge is 0.343 e. The molecule has 0 radical (unpaired) electrons. The minimum Gasteiger partial charge on any atom is -0.343 e. The molecule has 0 bridgehead atoms. The summed E-state index contributed by atoms with van der Waals surface area (Å²) in [6.45, 7) is 7.59. The number of hydrogen-bond donors (Lipinski definition) is 0. The molecule has 1 aliphatic heterocycles. The monoisotopic (exact) mass is 294 g/mol. The van der Waals surface area contributed by atoms with Crippen molar-refractivity contribution in [3.63, 3.8) is 0 Å². The number of likely N-dealkylation sites (N-methyl/N-ethyl adjacent to an activating group) is 1. The normalized spacial score (nSPS) is 20.2. The maximum Gasteiger partial charge on any atom is 0.239 e. The Morgan fingerprint density at radius 2 is 2.05 bits per heavy atom. The summed E-state index contributed by atoms with van der Waals surface area (Å²) in [5.74, 6) is 1.11. The first-order valence-electron chi connectivity index (χ1n) is 7.85. The van der Waals surface area contributed by atoms with E-state index in [-0.39, 0.29) is 11.9 Å². The van der Waals surface area contributed by atoms with Crippen LogP contribution in [0.2, 0.25) is 0 Å². The van der Waals surface area contributed by atoms with Crippen LogP contribution in [0.5, 0.6) is 0 Å². The Labute approximate surface area is 126 Å². The van der Waals surface area contributed by atoms with Crippen molar-refractivity contribution in [2.45, 2.75) is 52.1 Å². The van der Waals surface area contributed by atoms with Crippen molar-refractivity contribution in [1.82, 2.24) is 30.0 Å². The molecule has 0 spiro atoms. The number of unbranched alkanes of at least 4 members (excludes halogenated alkanes) is 1. The highest BCUT2D eigenvalue weighted by Crippen LogP contribution is 2.16. The molecule has 0 N–H and O–H groups in total. The smallest absolute Gasteiger partial charge is 0.239 e. The van der Waals surface area contributed by atoms with Crippen molar-refractivity contribution >= 4 is 5.91 Å². The Morgan fingerprint density at radius 3 is 2.71 bits per heavy atom. The molecule has 1 amide bonds. The number of amides is 1. The number of nitrogens with zero attached hydrogens (tertiary/aromatic N) is 6. The average molecular weight is 294 g/mol. The molecule has 1 aromatic rings. The summed E-state index contributed by atoms with van der Waals surface area (Å²) < 4.78 is 1.82. The third kappa shape index (κ3) is 4.00. The number of aromatic nitrogens is 4. The van der Waals surface area contributed by atoms with Gasteiger partial charge in [-0.3, -0.25) is 9.69 Å². The quantitative estimate of drug-likeness (QED) is 0.741. The van der Waals surface area contributed by atoms with E-state index < -0.39 is 0 Å². The highest BCUT2D eigenvalue weighted by atomic mass is 16.2. The molecule has 0 aliphatic carbocycles. The number of carbonyl (C=O) groups is 1. The van der Waals surface area contributed by atoms with Crippen molar-refractivity contribution in [3.05, 3.63) is 5.82 Å². The minimum absolute atomic E-state index is 0.0543. The molecule has 2 heterocycles. The summed E-state index contributed by atoms with van der Waals surface area (Å²) in [7, 11) is 1.91. The third-order valence-corrected chi connectivity index (χ3v) is 4.18. The fraction of sp³-hybridized carbons (Fsp3) is 0.857. The van der Waals surface area contributed by atoms with Gasteiger partial charge >= 0.3 is 0 Å². The first-order chi connectivity index (χ1) is 10.1. The van der Waals surface area contributed by atoms with E-state index in [0.717, 1.165) is 57.7 Å². The molecule has 1 fully saturated rings. The first-order valence-corrected chi connectivity index (χ1v) is 7.85. The van der Waals surface area contributed by atoms with Crippen molar-refractivity contribution in [2.75, 3.05) is 26.7 Å². The molecule has 21 heavy (non-hydrogen) atoms. The second-order valence-electron chi connectivity index (χ2n) is 5.76. The summed E-state index contributed by atoms with van der Waals surface area (Å²) in [6, 6.07) is 0.0543. The molecule has 7 nitrogen and oxygen atoms in total. The van der Waals surface area contributed by atoms with Gasteiger partial charge in [0.05, 0.1) is 6.04 Å². The molecule has 1 atom stereocenters. The number of rotatable bonds is 7. The summed E-state index contributed by atoms with van der Waals surface area (Å²) in [4.78, 5) is 16.5. The molecule has 118 valence electrons. The molecular formula is C14H26N6O. The molecule has 1 aromatic heterocycles. The number of carbonyl (C=O) groups excluding carboxylic acids is 1. The van der Waals surface area contributed by atoms with Crippen molar-refractivity contribution in [1.29, 1.82) is 0 Å². The van der Waals surface area contributed by atoms with Gasteiger partial charge in [-0.05, 0) is 30.2 Å². The molecule has 7 heteroatoms. The third-order valence-electron chi connectivity index (χ3n) is 4.18. The molecule has 0 saturated carbocycles. The molecule has 1 aliphatic rings. The van der Waals surface area contributed by atoms with E-state index in [2.05, 4.69) is 27.3 Å². The summed E-state index contributed by atoms with van der Waals surface area (Å²) in [5.41, 5.74) is 0. The van der Waals surface area contributed by atoms with Crippen molar-refractivity contribution in [2.24, 2.45) is 0 Å². The van der Waals surface area contributed by atoms with Crippen LogP contribution >= 0.6 is 0 Å². The van der Waals surface area contributed by atoms with Gasteiger partial charge in [-0.1, -0.05) is 19.8 Å².